The van der Waals surface area contributed by atoms with E-state index in [0.717, 1.165) is 10.5 Å². The van der Waals surface area contributed by atoms with E-state index in [4.69, 9.17) is 14.9 Å². The molecular formula is C36H30N4O6S. The molecule has 236 valence electrons. The summed E-state index contributed by atoms with van der Waals surface area (Å²) in [6.45, 7) is 0. The van der Waals surface area contributed by atoms with Gasteiger partial charge in [-0.05, 0) is 84.9 Å². The zero-order valence-corrected chi connectivity index (χ0v) is 26.0. The van der Waals surface area contributed by atoms with Crippen LogP contribution >= 0.6 is 11.8 Å². The van der Waals surface area contributed by atoms with Gasteiger partial charge in [0.25, 0.3) is 11.8 Å². The van der Waals surface area contributed by atoms with Gasteiger partial charge in [0.1, 0.15) is 23.0 Å². The number of nitrogens with two attached hydrogens (primary N) is 1. The first-order valence-electron chi connectivity index (χ1n) is 14.3. The van der Waals surface area contributed by atoms with Crippen LogP contribution in [-0.4, -0.2) is 36.5 Å². The second-order valence-corrected chi connectivity index (χ2v) is 11.1. The smallest absolute Gasteiger partial charge is 0.272 e. The lowest BCUT2D eigenvalue weighted by Crippen LogP contribution is -2.30. The molecule has 4 aromatic carbocycles. The van der Waals surface area contributed by atoms with E-state index in [0.29, 0.717) is 39.8 Å². The number of methoxy groups -OCH3 is 1. The minimum absolute atomic E-state index is 0.0289. The van der Waals surface area contributed by atoms with Crippen molar-refractivity contribution in [3.8, 4) is 17.1 Å². The summed E-state index contributed by atoms with van der Waals surface area (Å²) in [6, 6.07) is 32.6. The number of thioether (sulfide) groups is 1. The molecule has 4 amide bonds. The largest absolute Gasteiger partial charge is 0.496 e. The number of primary amides is 1. The Morgan fingerprint density at radius 1 is 0.766 bits per heavy atom. The summed E-state index contributed by atoms with van der Waals surface area (Å²) in [6.07, 6.45) is 1.46. The van der Waals surface area contributed by atoms with Crippen molar-refractivity contribution in [1.29, 1.82) is 0 Å². The summed E-state index contributed by atoms with van der Waals surface area (Å²) in [5, 5.41) is 8.28. The van der Waals surface area contributed by atoms with E-state index >= 15 is 0 Å². The standard InChI is InChI=1S/C36H30N4O6S/c1-45-31-10-6-5-9-29(31)32-20-17-27(46-32)21-30(40-35(43)24-7-3-2-4-8-24)36(44)39-26-15-18-28(19-16-26)47-22-33(41)38-25-13-11-23(12-14-25)34(37)42/h2-21H,22H2,1H3,(H2,37,42)(H,38,41)(H,39,44)(H,40,43)/b30-21+. The Hall–Kier alpha value is -6.07. The highest BCUT2D eigenvalue weighted by atomic mass is 32.2. The summed E-state index contributed by atoms with van der Waals surface area (Å²) in [4.78, 5) is 50.9. The number of para-hydroxylation sites is 1. The maximum Gasteiger partial charge on any atom is 0.272 e. The fourth-order valence-corrected chi connectivity index (χ4v) is 5.10. The summed E-state index contributed by atoms with van der Waals surface area (Å²) in [7, 11) is 1.57. The Bertz CT molecular complexity index is 1920. The van der Waals surface area contributed by atoms with Crippen LogP contribution in [0, 0.1) is 0 Å². The highest BCUT2D eigenvalue weighted by Gasteiger charge is 2.17. The predicted octanol–water partition coefficient (Wildman–Crippen LogP) is 6.19. The molecule has 5 aromatic rings. The van der Waals surface area contributed by atoms with Crippen molar-refractivity contribution in [3.05, 3.63) is 138 Å². The summed E-state index contributed by atoms with van der Waals surface area (Å²) in [5.41, 5.74) is 7.72. The Labute approximate surface area is 275 Å². The van der Waals surface area contributed by atoms with Gasteiger partial charge in [-0.3, -0.25) is 19.2 Å². The van der Waals surface area contributed by atoms with Crippen molar-refractivity contribution in [2.45, 2.75) is 4.90 Å². The van der Waals surface area contributed by atoms with Gasteiger partial charge in [0.2, 0.25) is 11.8 Å². The van der Waals surface area contributed by atoms with Crippen LogP contribution in [0.1, 0.15) is 26.5 Å². The number of carbonyl (C=O) groups excluding carboxylic acids is 4. The van der Waals surface area contributed by atoms with Crippen LogP contribution in [0.2, 0.25) is 0 Å². The summed E-state index contributed by atoms with van der Waals surface area (Å²) >= 11 is 1.31. The van der Waals surface area contributed by atoms with Gasteiger partial charge in [0, 0.05) is 33.5 Å². The first kappa shape index (κ1) is 32.3. The molecule has 0 bridgehead atoms. The minimum atomic E-state index is -0.563. The molecule has 5 rings (SSSR count). The van der Waals surface area contributed by atoms with Crippen LogP contribution < -0.4 is 26.4 Å². The number of hydrogen-bond acceptors (Lipinski definition) is 7. The Balaban J connectivity index is 1.26. The molecule has 47 heavy (non-hydrogen) atoms. The Morgan fingerprint density at radius 3 is 2.13 bits per heavy atom. The van der Waals surface area contributed by atoms with Gasteiger partial charge in [-0.2, -0.15) is 0 Å². The van der Waals surface area contributed by atoms with Crippen molar-refractivity contribution < 1.29 is 28.3 Å². The normalized spacial score (nSPS) is 11.0. The van der Waals surface area contributed by atoms with Crippen LogP contribution in [0.3, 0.4) is 0 Å². The topological polar surface area (TPSA) is 153 Å². The molecule has 0 radical (unpaired) electrons. The molecule has 10 nitrogen and oxygen atoms in total. The second kappa shape index (κ2) is 15.3. The Kier molecular flexibility index (Phi) is 10.5. The number of amides is 4. The van der Waals surface area contributed by atoms with E-state index in [1.54, 1.807) is 98.1 Å². The van der Waals surface area contributed by atoms with Crippen molar-refractivity contribution >= 4 is 52.8 Å². The number of hydrogen-bond donors (Lipinski definition) is 4. The number of benzene rings is 4. The van der Waals surface area contributed by atoms with Gasteiger partial charge in [0.15, 0.2) is 0 Å². The monoisotopic (exact) mass is 646 g/mol. The van der Waals surface area contributed by atoms with Gasteiger partial charge >= 0.3 is 0 Å². The molecule has 5 N–H and O–H groups in total. The van der Waals surface area contributed by atoms with E-state index in [2.05, 4.69) is 16.0 Å². The average molecular weight is 647 g/mol. The highest BCUT2D eigenvalue weighted by Crippen LogP contribution is 2.31. The predicted molar refractivity (Wildman–Crippen MR) is 182 cm³/mol. The van der Waals surface area contributed by atoms with Gasteiger partial charge in [-0.25, -0.2) is 0 Å². The van der Waals surface area contributed by atoms with E-state index in [1.807, 2.05) is 24.3 Å². The number of anilines is 2. The second-order valence-electron chi connectivity index (χ2n) is 10.0. The molecule has 0 aliphatic rings. The molecule has 0 saturated carbocycles. The number of rotatable bonds is 12. The van der Waals surface area contributed by atoms with Crippen LogP contribution in [0.25, 0.3) is 17.4 Å². The molecule has 0 saturated heterocycles. The Morgan fingerprint density at radius 2 is 1.43 bits per heavy atom. The van der Waals surface area contributed by atoms with E-state index < -0.39 is 17.7 Å². The van der Waals surface area contributed by atoms with Crippen molar-refractivity contribution in [1.82, 2.24) is 5.32 Å². The molecular weight excluding hydrogens is 616 g/mol. The summed E-state index contributed by atoms with van der Waals surface area (Å²) < 4.78 is 11.4. The third-order valence-electron chi connectivity index (χ3n) is 6.75. The lowest BCUT2D eigenvalue weighted by atomic mass is 10.1. The number of furan rings is 1. The maximum atomic E-state index is 13.5. The van der Waals surface area contributed by atoms with Gasteiger partial charge in [0.05, 0.1) is 18.4 Å². The molecule has 11 heteroatoms. The SMILES string of the molecule is COc1ccccc1-c1ccc(/C=C(/NC(=O)c2ccccc2)C(=O)Nc2ccc(SCC(=O)Nc3ccc(C(N)=O)cc3)cc2)o1. The lowest BCUT2D eigenvalue weighted by molar-refractivity contribution is -0.114. The minimum Gasteiger partial charge on any atom is -0.496 e. The molecule has 0 aliphatic carbocycles. The fourth-order valence-electron chi connectivity index (χ4n) is 4.40. The molecule has 0 unspecified atom stereocenters. The lowest BCUT2D eigenvalue weighted by Gasteiger charge is -2.11. The first-order chi connectivity index (χ1) is 22.8. The van der Waals surface area contributed by atoms with E-state index in [1.165, 1.54) is 17.8 Å². The molecule has 0 atom stereocenters. The fraction of sp³-hybridized carbons (Fsp3) is 0.0556. The van der Waals surface area contributed by atoms with Crippen LogP contribution in [-0.2, 0) is 9.59 Å². The highest BCUT2D eigenvalue weighted by molar-refractivity contribution is 8.00. The molecule has 0 aliphatic heterocycles. The van der Waals surface area contributed by atoms with Crippen LogP contribution in [0.4, 0.5) is 11.4 Å². The molecule has 0 fully saturated rings. The van der Waals surface area contributed by atoms with Gasteiger partial charge in [-0.1, -0.05) is 30.3 Å². The quantitative estimate of drug-likeness (QED) is 0.0931. The first-order valence-corrected chi connectivity index (χ1v) is 15.3. The number of carbonyl (C=O) groups is 4. The van der Waals surface area contributed by atoms with Crippen LogP contribution in [0.5, 0.6) is 5.75 Å². The van der Waals surface area contributed by atoms with E-state index in [9.17, 15) is 19.2 Å². The van der Waals surface area contributed by atoms with E-state index in [-0.39, 0.29) is 17.4 Å². The third kappa shape index (κ3) is 8.77. The average Bonchev–Trinajstić information content (AvgIpc) is 3.56. The zero-order chi connectivity index (χ0) is 33.2. The maximum absolute atomic E-state index is 13.5. The van der Waals surface area contributed by atoms with Gasteiger partial charge in [-0.15, -0.1) is 11.8 Å². The molecule has 0 spiro atoms. The van der Waals surface area contributed by atoms with Gasteiger partial charge < -0.3 is 30.8 Å². The van der Waals surface area contributed by atoms with Crippen molar-refractivity contribution in [3.63, 3.8) is 0 Å². The third-order valence-corrected chi connectivity index (χ3v) is 7.76. The van der Waals surface area contributed by atoms with Crippen LogP contribution in [0.15, 0.2) is 130 Å². The number of nitrogens with one attached hydrogen (secondary N) is 3. The molecule has 1 aromatic heterocycles. The zero-order valence-electron chi connectivity index (χ0n) is 25.2. The number of ether oxygens (including phenoxy) is 1. The van der Waals surface area contributed by atoms with Crippen molar-refractivity contribution in [2.75, 3.05) is 23.5 Å². The summed E-state index contributed by atoms with van der Waals surface area (Å²) in [5.74, 6) is -0.144. The molecule has 1 heterocycles. The van der Waals surface area contributed by atoms with Crippen molar-refractivity contribution in [2.24, 2.45) is 5.73 Å².